The molecule has 0 aromatic heterocycles. The number of amides is 1. The molecule has 28 heavy (non-hydrogen) atoms. The fourth-order valence-electron chi connectivity index (χ4n) is 2.45. The number of nitrogens with one attached hydrogen (secondary N) is 1. The van der Waals surface area contributed by atoms with E-state index in [4.69, 9.17) is 25.8 Å². The topological polar surface area (TPSA) is 73.9 Å². The molecular formula is C20H17ClFNO5. The molecule has 1 amide bonds. The van der Waals surface area contributed by atoms with Gasteiger partial charge in [0.25, 0.3) is 5.91 Å². The molecular weight excluding hydrogens is 389 g/mol. The predicted octanol–water partition coefficient (Wildman–Crippen LogP) is 2.99. The van der Waals surface area contributed by atoms with Crippen LogP contribution in [-0.2, 0) is 14.3 Å². The van der Waals surface area contributed by atoms with Crippen LogP contribution in [0.2, 0.25) is 5.02 Å². The number of benzene rings is 2. The van der Waals surface area contributed by atoms with Gasteiger partial charge in [-0.25, -0.2) is 9.18 Å². The van der Waals surface area contributed by atoms with Crippen molar-refractivity contribution >= 4 is 29.6 Å². The number of hydrogen-bond donors (Lipinski definition) is 1. The SMILES string of the molecule is O=C(COC(=O)/C=C/c1c(F)cccc1Cl)NC[C@H]1COc2ccccc2O1. The second-order valence-electron chi connectivity index (χ2n) is 5.88. The number of carbonyl (C=O) groups is 2. The minimum Gasteiger partial charge on any atom is -0.486 e. The van der Waals surface area contributed by atoms with Crippen LogP contribution in [-0.4, -0.2) is 37.7 Å². The Labute approximate surface area is 165 Å². The van der Waals surface area contributed by atoms with Crippen LogP contribution in [0, 0.1) is 5.82 Å². The number of carbonyl (C=O) groups excluding carboxylic acids is 2. The lowest BCUT2D eigenvalue weighted by Crippen LogP contribution is -2.42. The highest BCUT2D eigenvalue weighted by molar-refractivity contribution is 6.32. The van der Waals surface area contributed by atoms with Crippen LogP contribution in [0.1, 0.15) is 5.56 Å². The fraction of sp³-hybridized carbons (Fsp3) is 0.200. The van der Waals surface area contributed by atoms with Gasteiger partial charge in [0, 0.05) is 11.6 Å². The number of rotatable bonds is 6. The van der Waals surface area contributed by atoms with E-state index >= 15 is 0 Å². The Bertz CT molecular complexity index is 882. The van der Waals surface area contributed by atoms with E-state index in [1.165, 1.54) is 24.3 Å². The summed E-state index contributed by atoms with van der Waals surface area (Å²) in [5.41, 5.74) is 0.0697. The Hall–Kier alpha value is -3.06. The first-order chi connectivity index (χ1) is 13.5. The largest absolute Gasteiger partial charge is 0.486 e. The Balaban J connectivity index is 1.41. The van der Waals surface area contributed by atoms with Crippen molar-refractivity contribution in [2.45, 2.75) is 6.10 Å². The summed E-state index contributed by atoms with van der Waals surface area (Å²) in [5, 5.41) is 2.77. The van der Waals surface area contributed by atoms with Crippen LogP contribution in [0.25, 0.3) is 6.08 Å². The molecule has 1 heterocycles. The normalized spacial score (nSPS) is 15.3. The van der Waals surface area contributed by atoms with Crippen molar-refractivity contribution in [2.75, 3.05) is 19.8 Å². The molecule has 1 atom stereocenters. The molecule has 2 aromatic carbocycles. The van der Waals surface area contributed by atoms with Crippen LogP contribution >= 0.6 is 11.6 Å². The van der Waals surface area contributed by atoms with E-state index in [1.54, 1.807) is 12.1 Å². The average molecular weight is 406 g/mol. The van der Waals surface area contributed by atoms with Crippen molar-refractivity contribution in [3.63, 3.8) is 0 Å². The lowest BCUT2D eigenvalue weighted by molar-refractivity contribution is -0.143. The third-order valence-electron chi connectivity index (χ3n) is 3.83. The van der Waals surface area contributed by atoms with E-state index in [9.17, 15) is 14.0 Å². The first kappa shape index (κ1) is 19.7. The van der Waals surface area contributed by atoms with E-state index < -0.39 is 24.3 Å². The predicted molar refractivity (Wildman–Crippen MR) is 101 cm³/mol. The zero-order valence-electron chi connectivity index (χ0n) is 14.7. The van der Waals surface area contributed by atoms with E-state index in [2.05, 4.69) is 5.32 Å². The second kappa shape index (κ2) is 9.23. The molecule has 0 saturated heterocycles. The number of esters is 1. The van der Waals surface area contributed by atoms with Gasteiger partial charge in [0.05, 0.1) is 11.6 Å². The first-order valence-electron chi connectivity index (χ1n) is 8.47. The van der Waals surface area contributed by atoms with Gasteiger partial charge in [-0.1, -0.05) is 29.8 Å². The fourth-order valence-corrected chi connectivity index (χ4v) is 2.67. The van der Waals surface area contributed by atoms with Gasteiger partial charge >= 0.3 is 5.97 Å². The number of ether oxygens (including phenoxy) is 3. The molecule has 2 aromatic rings. The highest BCUT2D eigenvalue weighted by Crippen LogP contribution is 2.30. The summed E-state index contributed by atoms with van der Waals surface area (Å²) in [5.74, 6) is -0.587. The summed E-state index contributed by atoms with van der Waals surface area (Å²) in [4.78, 5) is 23.5. The molecule has 6 nitrogen and oxygen atoms in total. The molecule has 0 radical (unpaired) electrons. The lowest BCUT2D eigenvalue weighted by Gasteiger charge is -2.26. The molecule has 0 bridgehead atoms. The number of fused-ring (bicyclic) bond motifs is 1. The third kappa shape index (κ3) is 5.23. The maximum absolute atomic E-state index is 13.6. The van der Waals surface area contributed by atoms with Gasteiger partial charge in [0.15, 0.2) is 18.1 Å². The van der Waals surface area contributed by atoms with E-state index in [-0.39, 0.29) is 23.2 Å². The van der Waals surface area contributed by atoms with Crippen molar-refractivity contribution in [1.82, 2.24) is 5.32 Å². The number of hydrogen-bond acceptors (Lipinski definition) is 5. The molecule has 0 aliphatic carbocycles. The van der Waals surface area contributed by atoms with Gasteiger partial charge in [-0.3, -0.25) is 4.79 Å². The summed E-state index contributed by atoms with van der Waals surface area (Å²) in [7, 11) is 0. The van der Waals surface area contributed by atoms with Crippen LogP contribution in [0.3, 0.4) is 0 Å². The third-order valence-corrected chi connectivity index (χ3v) is 4.16. The van der Waals surface area contributed by atoms with Gasteiger partial charge in [-0.05, 0) is 30.3 Å². The summed E-state index contributed by atoms with van der Waals surface area (Å²) >= 11 is 5.86. The molecule has 0 saturated carbocycles. The zero-order chi connectivity index (χ0) is 19.9. The monoisotopic (exact) mass is 405 g/mol. The molecule has 146 valence electrons. The summed E-state index contributed by atoms with van der Waals surface area (Å²) < 4.78 is 29.7. The summed E-state index contributed by atoms with van der Waals surface area (Å²) in [6.07, 6.45) is 1.85. The molecule has 1 N–H and O–H groups in total. The number of halogens is 2. The summed E-state index contributed by atoms with van der Waals surface area (Å²) in [6.45, 7) is 0.0208. The molecule has 1 aliphatic heterocycles. The van der Waals surface area contributed by atoms with Crippen LogP contribution in [0.15, 0.2) is 48.5 Å². The van der Waals surface area contributed by atoms with Crippen molar-refractivity contribution in [2.24, 2.45) is 0 Å². The zero-order valence-corrected chi connectivity index (χ0v) is 15.4. The van der Waals surface area contributed by atoms with E-state index in [1.807, 2.05) is 12.1 Å². The minimum atomic E-state index is -0.791. The maximum Gasteiger partial charge on any atom is 0.331 e. The van der Waals surface area contributed by atoms with Crippen molar-refractivity contribution in [3.05, 3.63) is 64.9 Å². The molecule has 8 heteroatoms. The Morgan fingerprint density at radius 1 is 1.21 bits per heavy atom. The van der Waals surface area contributed by atoms with Gasteiger partial charge in [0.2, 0.25) is 0 Å². The molecule has 0 fully saturated rings. The highest BCUT2D eigenvalue weighted by atomic mass is 35.5. The van der Waals surface area contributed by atoms with Crippen LogP contribution < -0.4 is 14.8 Å². The van der Waals surface area contributed by atoms with Crippen molar-refractivity contribution in [1.29, 1.82) is 0 Å². The Morgan fingerprint density at radius 3 is 2.79 bits per heavy atom. The van der Waals surface area contributed by atoms with Gasteiger partial charge in [0.1, 0.15) is 18.5 Å². The van der Waals surface area contributed by atoms with Gasteiger partial charge in [-0.15, -0.1) is 0 Å². The van der Waals surface area contributed by atoms with Gasteiger partial charge < -0.3 is 19.5 Å². The van der Waals surface area contributed by atoms with E-state index in [0.29, 0.717) is 18.1 Å². The maximum atomic E-state index is 13.6. The highest BCUT2D eigenvalue weighted by Gasteiger charge is 2.21. The second-order valence-corrected chi connectivity index (χ2v) is 6.29. The first-order valence-corrected chi connectivity index (χ1v) is 8.85. The number of para-hydroxylation sites is 2. The quantitative estimate of drug-likeness (QED) is 0.590. The van der Waals surface area contributed by atoms with Crippen molar-refractivity contribution in [3.8, 4) is 11.5 Å². The Morgan fingerprint density at radius 2 is 2.00 bits per heavy atom. The van der Waals surface area contributed by atoms with Gasteiger partial charge in [-0.2, -0.15) is 0 Å². The lowest BCUT2D eigenvalue weighted by atomic mass is 10.2. The Kier molecular flexibility index (Phi) is 6.49. The summed E-state index contributed by atoms with van der Waals surface area (Å²) in [6, 6.07) is 11.4. The minimum absolute atomic E-state index is 0.0697. The smallest absolute Gasteiger partial charge is 0.331 e. The molecule has 0 spiro atoms. The van der Waals surface area contributed by atoms with Crippen LogP contribution in [0.5, 0.6) is 11.5 Å². The van der Waals surface area contributed by atoms with E-state index in [0.717, 1.165) is 6.08 Å². The standard InChI is InChI=1S/C20H17ClFNO5/c21-15-4-3-5-16(22)14(15)8-9-20(25)27-12-19(24)23-10-13-11-26-17-6-1-2-7-18(17)28-13/h1-9,13H,10-12H2,(H,23,24)/b9-8+/t13-/m0/s1. The molecule has 3 rings (SSSR count). The van der Waals surface area contributed by atoms with Crippen LogP contribution in [0.4, 0.5) is 4.39 Å². The molecule has 1 aliphatic rings. The average Bonchev–Trinajstić information content (AvgIpc) is 2.70. The van der Waals surface area contributed by atoms with Crippen molar-refractivity contribution < 1.29 is 28.2 Å². The molecule has 0 unspecified atom stereocenters.